The van der Waals surface area contributed by atoms with E-state index in [-0.39, 0.29) is 11.3 Å². The molecule has 2 unspecified atom stereocenters. The van der Waals surface area contributed by atoms with E-state index in [0.29, 0.717) is 10.0 Å². The Morgan fingerprint density at radius 2 is 2.05 bits per heavy atom. The van der Waals surface area contributed by atoms with E-state index < -0.39 is 0 Å². The smallest absolute Gasteiger partial charge is 0.0543 e. The molecule has 1 aromatic heterocycles. The van der Waals surface area contributed by atoms with Crippen LogP contribution in [0.15, 0.2) is 47.6 Å². The molecule has 0 fully saturated rings. The summed E-state index contributed by atoms with van der Waals surface area (Å²) in [6, 6.07) is 9.34. The van der Waals surface area contributed by atoms with Crippen molar-refractivity contribution in [3.63, 3.8) is 0 Å². The number of nitrogens with zero attached hydrogens (tertiary/aromatic N) is 1. The summed E-state index contributed by atoms with van der Waals surface area (Å²) in [4.78, 5) is 5.07. The standard InChI is InChI=1S/C14H14Cl2N2S/c1-9(17)14(10-3-2-6-18-8-10)19-13-7-11(15)4-5-12(13)16/h2-9,14H,17H2,1H3. The van der Waals surface area contributed by atoms with Gasteiger partial charge in [0.15, 0.2) is 0 Å². The van der Waals surface area contributed by atoms with Crippen molar-refractivity contribution in [2.24, 2.45) is 5.73 Å². The zero-order chi connectivity index (χ0) is 13.8. The van der Waals surface area contributed by atoms with E-state index in [1.807, 2.05) is 31.3 Å². The predicted octanol–water partition coefficient (Wildman–Crippen LogP) is 4.57. The average Bonchev–Trinajstić information content (AvgIpc) is 2.40. The number of benzene rings is 1. The number of rotatable bonds is 4. The highest BCUT2D eigenvalue weighted by molar-refractivity contribution is 7.99. The van der Waals surface area contributed by atoms with Crippen molar-refractivity contribution in [2.45, 2.75) is 23.1 Å². The van der Waals surface area contributed by atoms with Gasteiger partial charge in [-0.2, -0.15) is 0 Å². The second-order valence-electron chi connectivity index (χ2n) is 4.26. The van der Waals surface area contributed by atoms with Crippen molar-refractivity contribution in [1.82, 2.24) is 4.98 Å². The molecule has 0 saturated carbocycles. The Hall–Kier alpha value is -0.740. The summed E-state index contributed by atoms with van der Waals surface area (Å²) >= 11 is 13.8. The van der Waals surface area contributed by atoms with Crippen LogP contribution in [0.25, 0.3) is 0 Å². The molecule has 0 bridgehead atoms. The van der Waals surface area contributed by atoms with Gasteiger partial charge in [-0.15, -0.1) is 11.8 Å². The second kappa shape index (κ2) is 6.62. The molecule has 0 amide bonds. The molecule has 2 atom stereocenters. The van der Waals surface area contributed by atoms with Crippen LogP contribution in [0.1, 0.15) is 17.7 Å². The maximum absolute atomic E-state index is 6.20. The number of halogens is 2. The van der Waals surface area contributed by atoms with Crippen LogP contribution in [-0.2, 0) is 0 Å². The summed E-state index contributed by atoms with van der Waals surface area (Å²) in [6.07, 6.45) is 3.58. The Morgan fingerprint density at radius 1 is 1.26 bits per heavy atom. The highest BCUT2D eigenvalue weighted by Crippen LogP contribution is 2.40. The maximum atomic E-state index is 6.20. The number of hydrogen-bond donors (Lipinski definition) is 1. The van der Waals surface area contributed by atoms with Crippen LogP contribution in [0.2, 0.25) is 10.0 Å². The zero-order valence-corrected chi connectivity index (χ0v) is 12.7. The third-order valence-electron chi connectivity index (χ3n) is 2.64. The summed E-state index contributed by atoms with van der Waals surface area (Å²) in [5.74, 6) is 0. The molecule has 19 heavy (non-hydrogen) atoms. The van der Waals surface area contributed by atoms with Gasteiger partial charge in [-0.1, -0.05) is 29.3 Å². The molecule has 0 aliphatic rings. The van der Waals surface area contributed by atoms with Gasteiger partial charge in [0.2, 0.25) is 0 Å². The lowest BCUT2D eigenvalue weighted by Gasteiger charge is -2.21. The van der Waals surface area contributed by atoms with Gasteiger partial charge in [0.05, 0.1) is 10.3 Å². The van der Waals surface area contributed by atoms with Crippen LogP contribution in [0, 0.1) is 0 Å². The first-order valence-electron chi connectivity index (χ1n) is 5.85. The largest absolute Gasteiger partial charge is 0.327 e. The van der Waals surface area contributed by atoms with Crippen molar-refractivity contribution < 1.29 is 0 Å². The van der Waals surface area contributed by atoms with Gasteiger partial charge in [0, 0.05) is 28.4 Å². The topological polar surface area (TPSA) is 38.9 Å². The second-order valence-corrected chi connectivity index (χ2v) is 6.29. The fraction of sp³-hybridized carbons (Fsp3) is 0.214. The summed E-state index contributed by atoms with van der Waals surface area (Å²) in [7, 11) is 0. The van der Waals surface area contributed by atoms with E-state index in [1.165, 1.54) is 0 Å². The Labute approximate surface area is 127 Å². The molecule has 1 aromatic carbocycles. The van der Waals surface area contributed by atoms with E-state index >= 15 is 0 Å². The van der Waals surface area contributed by atoms with E-state index in [9.17, 15) is 0 Å². The van der Waals surface area contributed by atoms with Crippen molar-refractivity contribution in [3.8, 4) is 0 Å². The van der Waals surface area contributed by atoms with Gasteiger partial charge in [-0.05, 0) is 36.8 Å². The van der Waals surface area contributed by atoms with Crippen LogP contribution in [0.3, 0.4) is 0 Å². The lowest BCUT2D eigenvalue weighted by atomic mass is 10.1. The average molecular weight is 313 g/mol. The molecule has 2 N–H and O–H groups in total. The number of pyridine rings is 1. The molecule has 5 heteroatoms. The first-order chi connectivity index (χ1) is 9.08. The van der Waals surface area contributed by atoms with Crippen LogP contribution in [-0.4, -0.2) is 11.0 Å². The summed E-state index contributed by atoms with van der Waals surface area (Å²) in [5, 5.41) is 1.44. The molecule has 2 nitrogen and oxygen atoms in total. The van der Waals surface area contributed by atoms with Gasteiger partial charge < -0.3 is 5.73 Å². The van der Waals surface area contributed by atoms with Crippen LogP contribution in [0.4, 0.5) is 0 Å². The molecule has 1 heterocycles. The minimum Gasteiger partial charge on any atom is -0.327 e. The first-order valence-corrected chi connectivity index (χ1v) is 7.48. The highest BCUT2D eigenvalue weighted by Gasteiger charge is 2.19. The lowest BCUT2D eigenvalue weighted by Crippen LogP contribution is -2.22. The van der Waals surface area contributed by atoms with Crippen molar-refractivity contribution >= 4 is 35.0 Å². The zero-order valence-electron chi connectivity index (χ0n) is 10.4. The van der Waals surface area contributed by atoms with Gasteiger partial charge in [-0.25, -0.2) is 0 Å². The molecule has 0 aliphatic heterocycles. The Balaban J connectivity index is 2.29. The highest BCUT2D eigenvalue weighted by atomic mass is 35.5. The Bertz CT molecular complexity index is 546. The summed E-state index contributed by atoms with van der Waals surface area (Å²) in [5.41, 5.74) is 7.16. The van der Waals surface area contributed by atoms with Crippen molar-refractivity contribution in [1.29, 1.82) is 0 Å². The van der Waals surface area contributed by atoms with Crippen LogP contribution < -0.4 is 5.73 Å². The predicted molar refractivity (Wildman–Crippen MR) is 82.9 cm³/mol. The number of thioether (sulfide) groups is 1. The fourth-order valence-electron chi connectivity index (χ4n) is 1.73. The maximum Gasteiger partial charge on any atom is 0.0543 e. The fourth-order valence-corrected chi connectivity index (χ4v) is 3.35. The van der Waals surface area contributed by atoms with Gasteiger partial charge in [-0.3, -0.25) is 4.98 Å². The minimum atomic E-state index is -0.0238. The van der Waals surface area contributed by atoms with Crippen LogP contribution in [0.5, 0.6) is 0 Å². The molecule has 0 spiro atoms. The molecule has 100 valence electrons. The number of hydrogen-bond acceptors (Lipinski definition) is 3. The summed E-state index contributed by atoms with van der Waals surface area (Å²) < 4.78 is 0. The Kier molecular flexibility index (Phi) is 5.11. The lowest BCUT2D eigenvalue weighted by molar-refractivity contribution is 0.719. The van der Waals surface area contributed by atoms with Gasteiger partial charge in [0.1, 0.15) is 0 Å². The third-order valence-corrected chi connectivity index (χ3v) is 4.86. The van der Waals surface area contributed by atoms with Gasteiger partial charge >= 0.3 is 0 Å². The molecule has 2 rings (SSSR count). The molecule has 0 aliphatic carbocycles. The molecule has 2 aromatic rings. The minimum absolute atomic E-state index is 0.0238. The van der Waals surface area contributed by atoms with Gasteiger partial charge in [0.25, 0.3) is 0 Å². The molecule has 0 saturated heterocycles. The van der Waals surface area contributed by atoms with E-state index in [0.717, 1.165) is 10.5 Å². The Morgan fingerprint density at radius 3 is 2.68 bits per heavy atom. The normalized spacial score (nSPS) is 14.1. The van der Waals surface area contributed by atoms with Crippen molar-refractivity contribution in [2.75, 3.05) is 0 Å². The number of aromatic nitrogens is 1. The van der Waals surface area contributed by atoms with E-state index in [1.54, 1.807) is 30.1 Å². The SMILES string of the molecule is CC(N)C(Sc1cc(Cl)ccc1Cl)c1cccnc1. The van der Waals surface area contributed by atoms with E-state index in [4.69, 9.17) is 28.9 Å². The van der Waals surface area contributed by atoms with Crippen molar-refractivity contribution in [3.05, 3.63) is 58.3 Å². The number of nitrogens with two attached hydrogens (primary N) is 1. The quantitative estimate of drug-likeness (QED) is 0.840. The molecular formula is C14H14Cl2N2S. The third kappa shape index (κ3) is 3.86. The summed E-state index contributed by atoms with van der Waals surface area (Å²) in [6.45, 7) is 1.98. The molecular weight excluding hydrogens is 299 g/mol. The first kappa shape index (κ1) is 14.7. The monoisotopic (exact) mass is 312 g/mol. The van der Waals surface area contributed by atoms with E-state index in [2.05, 4.69) is 4.98 Å². The molecule has 0 radical (unpaired) electrons. The van der Waals surface area contributed by atoms with Crippen LogP contribution >= 0.6 is 35.0 Å².